The van der Waals surface area contributed by atoms with Crippen molar-refractivity contribution >= 4 is 11.8 Å². The zero-order chi connectivity index (χ0) is 15.3. The second kappa shape index (κ2) is 6.72. The van der Waals surface area contributed by atoms with E-state index in [0.29, 0.717) is 18.5 Å². The van der Waals surface area contributed by atoms with E-state index in [4.69, 9.17) is 5.73 Å². The van der Waals surface area contributed by atoms with Gasteiger partial charge >= 0.3 is 0 Å². The average molecular weight is 289 g/mol. The van der Waals surface area contributed by atoms with E-state index in [0.717, 1.165) is 31.4 Å². The summed E-state index contributed by atoms with van der Waals surface area (Å²) in [7, 11) is 0. The molecule has 2 rings (SSSR count). The molecule has 0 radical (unpaired) electrons. The van der Waals surface area contributed by atoms with Gasteiger partial charge in [0.2, 0.25) is 11.8 Å². The van der Waals surface area contributed by atoms with Crippen LogP contribution in [0.25, 0.3) is 0 Å². The van der Waals surface area contributed by atoms with Gasteiger partial charge < -0.3 is 16.4 Å². The molecule has 0 spiro atoms. The molecule has 5 heteroatoms. The van der Waals surface area contributed by atoms with Crippen LogP contribution in [0.4, 0.5) is 0 Å². The van der Waals surface area contributed by atoms with Crippen molar-refractivity contribution in [3.63, 3.8) is 0 Å². The van der Waals surface area contributed by atoms with Crippen molar-refractivity contribution in [3.05, 3.63) is 35.4 Å². The number of hydrogen-bond acceptors (Lipinski definition) is 3. The van der Waals surface area contributed by atoms with E-state index < -0.39 is 11.4 Å². The van der Waals surface area contributed by atoms with Gasteiger partial charge in [-0.1, -0.05) is 12.1 Å². The van der Waals surface area contributed by atoms with Crippen LogP contribution in [0.3, 0.4) is 0 Å². The molecule has 1 aromatic rings. The lowest BCUT2D eigenvalue weighted by Gasteiger charge is -2.33. The van der Waals surface area contributed by atoms with Crippen molar-refractivity contribution in [2.24, 2.45) is 5.73 Å². The highest BCUT2D eigenvalue weighted by molar-refractivity contribution is 5.92. The number of carbonyl (C=O) groups is 2. The van der Waals surface area contributed by atoms with Crippen LogP contribution in [-0.4, -0.2) is 30.4 Å². The lowest BCUT2D eigenvalue weighted by atomic mass is 9.90. The van der Waals surface area contributed by atoms with Crippen LogP contribution in [0.5, 0.6) is 0 Å². The molecular weight excluding hydrogens is 266 g/mol. The minimum atomic E-state index is -0.451. The zero-order valence-electron chi connectivity index (χ0n) is 12.4. The minimum absolute atomic E-state index is 0.0493. The number of primary amides is 1. The van der Waals surface area contributed by atoms with Crippen molar-refractivity contribution in [3.8, 4) is 0 Å². The maximum absolute atomic E-state index is 12.2. The lowest BCUT2D eigenvalue weighted by Crippen LogP contribution is -2.57. The van der Waals surface area contributed by atoms with E-state index in [1.807, 2.05) is 13.0 Å². The van der Waals surface area contributed by atoms with Gasteiger partial charge in [0.1, 0.15) is 0 Å². The number of benzene rings is 1. The fourth-order valence-corrected chi connectivity index (χ4v) is 2.65. The third-order valence-corrected chi connectivity index (χ3v) is 4.03. The molecule has 1 aliphatic rings. The molecule has 1 heterocycles. The molecule has 4 N–H and O–H groups in total. The fraction of sp³-hybridized carbons (Fsp3) is 0.500. The molecule has 5 nitrogen and oxygen atoms in total. The molecule has 2 amide bonds. The van der Waals surface area contributed by atoms with Crippen LogP contribution < -0.4 is 16.4 Å². The van der Waals surface area contributed by atoms with Crippen molar-refractivity contribution in [1.29, 1.82) is 0 Å². The Morgan fingerprint density at radius 2 is 2.19 bits per heavy atom. The normalized spacial score (nSPS) is 21.8. The summed E-state index contributed by atoms with van der Waals surface area (Å²) in [6, 6.07) is 7.20. The predicted octanol–water partition coefficient (Wildman–Crippen LogP) is 0.976. The van der Waals surface area contributed by atoms with Crippen molar-refractivity contribution in [1.82, 2.24) is 10.6 Å². The van der Waals surface area contributed by atoms with E-state index in [9.17, 15) is 9.59 Å². The number of hydrogen-bond donors (Lipinski definition) is 3. The van der Waals surface area contributed by atoms with E-state index in [1.54, 1.807) is 18.2 Å². The molecule has 1 fully saturated rings. The highest BCUT2D eigenvalue weighted by atomic mass is 16.2. The van der Waals surface area contributed by atoms with Crippen LogP contribution in [0.15, 0.2) is 24.3 Å². The summed E-state index contributed by atoms with van der Waals surface area (Å²) in [5.41, 5.74) is 6.30. The number of carbonyl (C=O) groups excluding carboxylic acids is 2. The number of nitrogens with one attached hydrogen (secondary N) is 2. The van der Waals surface area contributed by atoms with Gasteiger partial charge in [-0.05, 0) is 56.8 Å². The Balaban J connectivity index is 1.85. The van der Waals surface area contributed by atoms with Crippen LogP contribution in [-0.2, 0) is 11.2 Å². The molecule has 0 bridgehead atoms. The highest BCUT2D eigenvalue weighted by Crippen LogP contribution is 2.18. The Morgan fingerprint density at radius 3 is 2.86 bits per heavy atom. The predicted molar refractivity (Wildman–Crippen MR) is 81.9 cm³/mol. The van der Waals surface area contributed by atoms with Crippen LogP contribution in [0.2, 0.25) is 0 Å². The van der Waals surface area contributed by atoms with Crippen molar-refractivity contribution in [2.45, 2.75) is 38.1 Å². The Bertz CT molecular complexity index is 522. The van der Waals surface area contributed by atoms with E-state index >= 15 is 0 Å². The summed E-state index contributed by atoms with van der Waals surface area (Å²) in [6.45, 7) is 3.40. The summed E-state index contributed by atoms with van der Waals surface area (Å²) in [5.74, 6) is -0.381. The van der Waals surface area contributed by atoms with Crippen LogP contribution >= 0.6 is 0 Å². The van der Waals surface area contributed by atoms with Gasteiger partial charge in [0.25, 0.3) is 0 Å². The van der Waals surface area contributed by atoms with Crippen LogP contribution in [0, 0.1) is 0 Å². The summed E-state index contributed by atoms with van der Waals surface area (Å²) in [6.07, 6.45) is 3.76. The van der Waals surface area contributed by atoms with Gasteiger partial charge in [0.05, 0.1) is 5.54 Å². The molecule has 0 saturated carbocycles. The SMILES string of the molecule is CC1(C(=O)NCCc2cccc(C(N)=O)c2)CCCCN1. The number of nitrogens with two attached hydrogens (primary N) is 1. The van der Waals surface area contributed by atoms with Gasteiger partial charge in [-0.3, -0.25) is 9.59 Å². The number of piperidine rings is 1. The van der Waals surface area contributed by atoms with Gasteiger partial charge in [-0.25, -0.2) is 0 Å². The summed E-state index contributed by atoms with van der Waals surface area (Å²) < 4.78 is 0. The first kappa shape index (κ1) is 15.5. The maximum atomic E-state index is 12.2. The van der Waals surface area contributed by atoms with E-state index in [-0.39, 0.29) is 5.91 Å². The number of rotatable bonds is 5. The molecule has 1 aromatic carbocycles. The highest BCUT2D eigenvalue weighted by Gasteiger charge is 2.33. The molecule has 1 unspecified atom stereocenters. The summed E-state index contributed by atoms with van der Waals surface area (Å²) >= 11 is 0. The first-order valence-corrected chi connectivity index (χ1v) is 7.43. The fourth-order valence-electron chi connectivity index (χ4n) is 2.65. The Morgan fingerprint density at radius 1 is 1.38 bits per heavy atom. The first-order valence-electron chi connectivity index (χ1n) is 7.43. The summed E-state index contributed by atoms with van der Waals surface area (Å²) in [5, 5.41) is 6.27. The second-order valence-electron chi connectivity index (χ2n) is 5.79. The third-order valence-electron chi connectivity index (χ3n) is 4.03. The lowest BCUT2D eigenvalue weighted by molar-refractivity contribution is -0.127. The van der Waals surface area contributed by atoms with Gasteiger partial charge in [0, 0.05) is 12.1 Å². The molecular formula is C16H23N3O2. The second-order valence-corrected chi connectivity index (χ2v) is 5.79. The quantitative estimate of drug-likeness (QED) is 0.755. The molecule has 21 heavy (non-hydrogen) atoms. The monoisotopic (exact) mass is 289 g/mol. The molecule has 114 valence electrons. The Kier molecular flexibility index (Phi) is 4.96. The van der Waals surface area contributed by atoms with Crippen LogP contribution in [0.1, 0.15) is 42.1 Å². The smallest absolute Gasteiger partial charge is 0.248 e. The van der Waals surface area contributed by atoms with Gasteiger partial charge in [0.15, 0.2) is 0 Å². The van der Waals surface area contributed by atoms with Gasteiger partial charge in [-0.15, -0.1) is 0 Å². The molecule has 0 aliphatic carbocycles. The average Bonchev–Trinajstić information content (AvgIpc) is 2.48. The molecule has 1 aliphatic heterocycles. The molecule has 0 aromatic heterocycles. The summed E-state index contributed by atoms with van der Waals surface area (Å²) in [4.78, 5) is 23.4. The van der Waals surface area contributed by atoms with Gasteiger partial charge in [-0.2, -0.15) is 0 Å². The Labute approximate surface area is 125 Å². The number of amides is 2. The Hall–Kier alpha value is -1.88. The van der Waals surface area contributed by atoms with E-state index in [1.165, 1.54) is 0 Å². The third kappa shape index (κ3) is 4.04. The molecule has 1 saturated heterocycles. The standard InChI is InChI=1S/C16H23N3O2/c1-16(8-2-3-9-19-16)15(21)18-10-7-12-5-4-6-13(11-12)14(17)20/h4-6,11,19H,2-3,7-10H2,1H3,(H2,17,20)(H,18,21). The first-order chi connectivity index (χ1) is 10.0. The zero-order valence-corrected chi connectivity index (χ0v) is 12.4. The largest absolute Gasteiger partial charge is 0.366 e. The van der Waals surface area contributed by atoms with Crippen molar-refractivity contribution < 1.29 is 9.59 Å². The van der Waals surface area contributed by atoms with Crippen molar-refractivity contribution in [2.75, 3.05) is 13.1 Å². The van der Waals surface area contributed by atoms with E-state index in [2.05, 4.69) is 10.6 Å². The topological polar surface area (TPSA) is 84.2 Å². The minimum Gasteiger partial charge on any atom is -0.366 e. The molecule has 1 atom stereocenters. The maximum Gasteiger partial charge on any atom is 0.248 e.